The van der Waals surface area contributed by atoms with E-state index in [1.165, 1.54) is 0 Å². The van der Waals surface area contributed by atoms with Crippen LogP contribution in [0.5, 0.6) is 5.75 Å². The standard InChI is InChI=1S/C30H39N3O5/c1-29(15-16-29)26(34)23(18-20-8-5-4-6-9-20)32-27(35)24(19-21-10-12-22(38-3)13-11-21)33-28(36)25-30(2,37)14-7-17-31-25/h4-6,8-13,23-25,31,37H,7,14-19H2,1-3H3,(H,32,35)(H,33,36)/t23-,24-,25-,30+/m0/s1. The van der Waals surface area contributed by atoms with Gasteiger partial charge < -0.3 is 25.8 Å². The summed E-state index contributed by atoms with van der Waals surface area (Å²) in [4.78, 5) is 40.4. The number of nitrogens with one attached hydrogen (secondary N) is 3. The van der Waals surface area contributed by atoms with Crippen molar-refractivity contribution in [2.24, 2.45) is 5.41 Å². The first-order chi connectivity index (χ1) is 18.1. The minimum absolute atomic E-state index is 0.0149. The topological polar surface area (TPSA) is 117 Å². The Balaban J connectivity index is 1.55. The Morgan fingerprint density at radius 3 is 2.18 bits per heavy atom. The van der Waals surface area contributed by atoms with Crippen LogP contribution < -0.4 is 20.7 Å². The normalized spacial score (nSPS) is 23.5. The number of Topliss-reactive ketones (excluding diaryl/α,β-unsaturated/α-hetero) is 1. The Morgan fingerprint density at radius 1 is 0.947 bits per heavy atom. The van der Waals surface area contributed by atoms with Gasteiger partial charge in [0.2, 0.25) is 11.8 Å². The van der Waals surface area contributed by atoms with Gasteiger partial charge in [-0.05, 0) is 68.8 Å². The average molecular weight is 522 g/mol. The molecule has 8 heteroatoms. The molecule has 0 spiro atoms. The maximum Gasteiger partial charge on any atom is 0.243 e. The predicted octanol–water partition coefficient (Wildman–Crippen LogP) is 2.32. The number of amides is 2. The lowest BCUT2D eigenvalue weighted by Crippen LogP contribution is -2.63. The van der Waals surface area contributed by atoms with E-state index in [-0.39, 0.29) is 12.2 Å². The van der Waals surface area contributed by atoms with Crippen LogP contribution in [0.2, 0.25) is 0 Å². The molecule has 2 aromatic rings. The maximum absolute atomic E-state index is 13.7. The quantitative estimate of drug-likeness (QED) is 0.361. The molecular weight excluding hydrogens is 482 g/mol. The molecule has 2 fully saturated rings. The van der Waals surface area contributed by atoms with Gasteiger partial charge in [0.1, 0.15) is 17.8 Å². The van der Waals surface area contributed by atoms with Crippen molar-refractivity contribution in [3.8, 4) is 5.75 Å². The average Bonchev–Trinajstić information content (AvgIpc) is 3.66. The molecule has 0 bridgehead atoms. The van der Waals surface area contributed by atoms with E-state index >= 15 is 0 Å². The van der Waals surface area contributed by atoms with Crippen molar-refractivity contribution < 1.29 is 24.2 Å². The van der Waals surface area contributed by atoms with E-state index in [1.54, 1.807) is 26.2 Å². The third-order valence-corrected chi connectivity index (χ3v) is 7.83. The molecular formula is C30H39N3O5. The molecule has 204 valence electrons. The number of methoxy groups -OCH3 is 1. The second-order valence-electron chi connectivity index (χ2n) is 11.1. The summed E-state index contributed by atoms with van der Waals surface area (Å²) >= 11 is 0. The van der Waals surface area contributed by atoms with E-state index in [4.69, 9.17) is 4.74 Å². The lowest BCUT2D eigenvalue weighted by molar-refractivity contribution is -0.136. The van der Waals surface area contributed by atoms with Crippen LogP contribution in [0.25, 0.3) is 0 Å². The second kappa shape index (κ2) is 11.7. The van der Waals surface area contributed by atoms with Crippen molar-refractivity contribution in [2.45, 2.75) is 76.1 Å². The summed E-state index contributed by atoms with van der Waals surface area (Å²) in [6, 6.07) is 14.4. The number of carbonyl (C=O) groups excluding carboxylic acids is 3. The highest BCUT2D eigenvalue weighted by molar-refractivity contribution is 5.97. The van der Waals surface area contributed by atoms with Gasteiger partial charge in [-0.15, -0.1) is 0 Å². The zero-order valence-corrected chi connectivity index (χ0v) is 22.5. The summed E-state index contributed by atoms with van der Waals surface area (Å²) in [6.45, 7) is 4.18. The van der Waals surface area contributed by atoms with Crippen molar-refractivity contribution in [2.75, 3.05) is 13.7 Å². The Hall–Kier alpha value is -3.23. The Morgan fingerprint density at radius 2 is 1.58 bits per heavy atom. The van der Waals surface area contributed by atoms with Gasteiger partial charge >= 0.3 is 0 Å². The van der Waals surface area contributed by atoms with E-state index in [1.807, 2.05) is 49.4 Å². The number of hydrogen-bond acceptors (Lipinski definition) is 6. The number of ether oxygens (including phenoxy) is 1. The van der Waals surface area contributed by atoms with Crippen molar-refractivity contribution in [1.29, 1.82) is 0 Å². The zero-order chi connectivity index (χ0) is 27.3. The van der Waals surface area contributed by atoms with Crippen molar-refractivity contribution >= 4 is 17.6 Å². The summed E-state index contributed by atoms with van der Waals surface area (Å²) in [7, 11) is 1.58. The van der Waals surface area contributed by atoms with Crippen molar-refractivity contribution in [1.82, 2.24) is 16.0 Å². The van der Waals surface area contributed by atoms with Gasteiger partial charge in [0.05, 0.1) is 18.8 Å². The number of hydrogen-bond donors (Lipinski definition) is 4. The van der Waals surface area contributed by atoms with Crippen LogP contribution in [0.15, 0.2) is 54.6 Å². The Kier molecular flexibility index (Phi) is 8.53. The van der Waals surface area contributed by atoms with E-state index in [0.29, 0.717) is 25.1 Å². The van der Waals surface area contributed by atoms with E-state index in [2.05, 4.69) is 16.0 Å². The molecule has 0 unspecified atom stereocenters. The fourth-order valence-corrected chi connectivity index (χ4v) is 5.08. The van der Waals surface area contributed by atoms with Crippen LogP contribution in [0, 0.1) is 5.41 Å². The smallest absolute Gasteiger partial charge is 0.243 e. The lowest BCUT2D eigenvalue weighted by atomic mass is 9.87. The van der Waals surface area contributed by atoms with Crippen LogP contribution in [0.3, 0.4) is 0 Å². The molecule has 2 aliphatic rings. The summed E-state index contributed by atoms with van der Waals surface area (Å²) < 4.78 is 5.24. The van der Waals surface area contributed by atoms with E-state index < -0.39 is 41.0 Å². The lowest BCUT2D eigenvalue weighted by Gasteiger charge is -2.37. The Labute approximate surface area is 224 Å². The fraction of sp³-hybridized carbons (Fsp3) is 0.500. The third kappa shape index (κ3) is 6.79. The zero-order valence-electron chi connectivity index (χ0n) is 22.5. The molecule has 2 aromatic carbocycles. The molecule has 0 aromatic heterocycles. The van der Waals surface area contributed by atoms with Gasteiger partial charge in [0.25, 0.3) is 0 Å². The molecule has 38 heavy (non-hydrogen) atoms. The van der Waals surface area contributed by atoms with E-state index in [0.717, 1.165) is 30.4 Å². The molecule has 8 nitrogen and oxygen atoms in total. The van der Waals surface area contributed by atoms with Crippen LogP contribution >= 0.6 is 0 Å². The summed E-state index contributed by atoms with van der Waals surface area (Å²) in [5, 5.41) is 19.7. The van der Waals surface area contributed by atoms with Crippen LogP contribution in [0.4, 0.5) is 0 Å². The minimum atomic E-state index is -1.23. The highest BCUT2D eigenvalue weighted by atomic mass is 16.5. The van der Waals surface area contributed by atoms with E-state index in [9.17, 15) is 19.5 Å². The second-order valence-corrected chi connectivity index (χ2v) is 11.1. The van der Waals surface area contributed by atoms with Crippen LogP contribution in [0.1, 0.15) is 50.7 Å². The van der Waals surface area contributed by atoms with Gasteiger partial charge in [-0.3, -0.25) is 14.4 Å². The number of aliphatic hydroxyl groups is 1. The molecule has 1 aliphatic carbocycles. The highest BCUT2D eigenvalue weighted by Crippen LogP contribution is 2.46. The third-order valence-electron chi connectivity index (χ3n) is 7.83. The van der Waals surface area contributed by atoms with Crippen molar-refractivity contribution in [3.05, 3.63) is 65.7 Å². The summed E-state index contributed by atoms with van der Waals surface area (Å²) in [5.41, 5.74) is 0.130. The number of piperidine rings is 1. The number of benzene rings is 2. The van der Waals surface area contributed by atoms with Gasteiger partial charge in [-0.1, -0.05) is 49.4 Å². The molecule has 4 atom stereocenters. The number of ketones is 1. The molecule has 1 saturated heterocycles. The highest BCUT2D eigenvalue weighted by Gasteiger charge is 2.48. The van der Waals surface area contributed by atoms with Gasteiger partial charge in [-0.25, -0.2) is 0 Å². The summed E-state index contributed by atoms with van der Waals surface area (Å²) in [6.07, 6.45) is 3.46. The molecule has 1 heterocycles. The van der Waals surface area contributed by atoms with Gasteiger partial charge in [-0.2, -0.15) is 0 Å². The van der Waals surface area contributed by atoms with Crippen molar-refractivity contribution in [3.63, 3.8) is 0 Å². The molecule has 0 radical (unpaired) electrons. The fourth-order valence-electron chi connectivity index (χ4n) is 5.08. The molecule has 1 saturated carbocycles. The number of rotatable bonds is 11. The first-order valence-electron chi connectivity index (χ1n) is 13.4. The largest absolute Gasteiger partial charge is 0.497 e. The molecule has 2 amide bonds. The molecule has 1 aliphatic heterocycles. The molecule has 4 rings (SSSR count). The predicted molar refractivity (Wildman–Crippen MR) is 145 cm³/mol. The SMILES string of the molecule is COc1ccc(C[C@H](NC(=O)[C@@H]2NCCC[C@@]2(C)O)C(=O)N[C@@H](Cc2ccccc2)C(=O)C2(C)CC2)cc1. The summed E-state index contributed by atoms with van der Waals surface area (Å²) in [5.74, 6) is -0.167. The minimum Gasteiger partial charge on any atom is -0.497 e. The Bertz CT molecular complexity index is 1130. The monoisotopic (exact) mass is 521 g/mol. The van der Waals surface area contributed by atoms with Crippen LogP contribution in [-0.2, 0) is 27.2 Å². The first-order valence-corrected chi connectivity index (χ1v) is 13.4. The molecule has 4 N–H and O–H groups in total. The maximum atomic E-state index is 13.7. The first kappa shape index (κ1) is 27.8. The van der Waals surface area contributed by atoms with Gasteiger partial charge in [0, 0.05) is 11.8 Å². The van der Waals surface area contributed by atoms with Crippen LogP contribution in [-0.4, -0.2) is 60.1 Å². The van der Waals surface area contributed by atoms with Gasteiger partial charge in [0.15, 0.2) is 5.78 Å². The number of carbonyl (C=O) groups is 3.